The van der Waals surface area contributed by atoms with Crippen molar-refractivity contribution in [3.05, 3.63) is 47.2 Å². The lowest BCUT2D eigenvalue weighted by Gasteiger charge is -2.23. The molecule has 1 aliphatic heterocycles. The summed E-state index contributed by atoms with van der Waals surface area (Å²) in [5.41, 5.74) is 1.26. The van der Waals surface area contributed by atoms with Crippen LogP contribution in [-0.4, -0.2) is 60.5 Å². The zero-order valence-electron chi connectivity index (χ0n) is 20.9. The Labute approximate surface area is 219 Å². The van der Waals surface area contributed by atoms with Crippen molar-refractivity contribution in [1.82, 2.24) is 19.9 Å². The average molecular weight is 547 g/mol. The van der Waals surface area contributed by atoms with Gasteiger partial charge in [-0.05, 0) is 38.2 Å². The minimum absolute atomic E-state index is 0.0663. The molecule has 2 amide bonds. The lowest BCUT2D eigenvalue weighted by Crippen LogP contribution is -2.52. The first-order valence-electron chi connectivity index (χ1n) is 12.1. The number of carbonyl (C=O) groups excluding carboxylic acids is 3. The van der Waals surface area contributed by atoms with Gasteiger partial charge in [-0.2, -0.15) is 4.31 Å². The van der Waals surface area contributed by atoms with Crippen molar-refractivity contribution in [2.45, 2.75) is 56.5 Å². The minimum atomic E-state index is -3.88. The van der Waals surface area contributed by atoms with Crippen molar-refractivity contribution in [1.29, 1.82) is 0 Å². The Morgan fingerprint density at radius 3 is 2.70 bits per heavy atom. The van der Waals surface area contributed by atoms with Gasteiger partial charge in [-0.15, -0.1) is 11.3 Å². The molecular weight excluding hydrogens is 516 g/mol. The highest BCUT2D eigenvalue weighted by Gasteiger charge is 2.35. The molecular formula is C25H30N4O6S2. The molecule has 0 saturated carbocycles. The first-order chi connectivity index (χ1) is 17.6. The fraction of sp³-hybridized carbons (Fsp3) is 0.440. The molecule has 12 heteroatoms. The van der Waals surface area contributed by atoms with Crippen molar-refractivity contribution in [3.63, 3.8) is 0 Å². The van der Waals surface area contributed by atoms with E-state index in [-0.39, 0.29) is 29.1 Å². The molecule has 2 atom stereocenters. The number of Topliss-reactive ketones (excluding diaryl/α,β-unsaturated/α-hetero) is 1. The number of benzene rings is 1. The van der Waals surface area contributed by atoms with Crippen LogP contribution < -0.4 is 10.6 Å². The molecule has 1 fully saturated rings. The van der Waals surface area contributed by atoms with E-state index in [4.69, 9.17) is 4.42 Å². The van der Waals surface area contributed by atoms with E-state index in [9.17, 15) is 22.8 Å². The summed E-state index contributed by atoms with van der Waals surface area (Å²) in [5.74, 6) is -1.20. The van der Waals surface area contributed by atoms with E-state index in [2.05, 4.69) is 15.6 Å². The standard InChI is InChI=1S/C25H30N4O6S2/c1-15(2)13-19(28-24(32)22-16(3)17-7-4-5-9-21(17)35-22)23(31)27-18-8-6-11-29(14-20(18)30)37(33,34)25-26-10-12-36-25/h4-5,7,9-10,12,15,18-19H,6,8,11,13-14H2,1-3H3,(H,27,31)(H,28,32)/t18-,19-/m0/s1. The second kappa shape index (κ2) is 11.1. The van der Waals surface area contributed by atoms with Crippen LogP contribution in [0.3, 0.4) is 0 Å². The maximum absolute atomic E-state index is 13.2. The number of nitrogens with zero attached hydrogens (tertiary/aromatic N) is 2. The molecule has 3 aromatic rings. The molecule has 0 spiro atoms. The summed E-state index contributed by atoms with van der Waals surface area (Å²) >= 11 is 0.989. The van der Waals surface area contributed by atoms with E-state index < -0.39 is 39.7 Å². The quantitative estimate of drug-likeness (QED) is 0.443. The van der Waals surface area contributed by atoms with Crippen LogP contribution in [-0.2, 0) is 19.6 Å². The predicted molar refractivity (Wildman–Crippen MR) is 139 cm³/mol. The Balaban J connectivity index is 1.46. The van der Waals surface area contributed by atoms with Crippen LogP contribution in [0.15, 0.2) is 44.6 Å². The van der Waals surface area contributed by atoms with E-state index in [1.807, 2.05) is 32.0 Å². The van der Waals surface area contributed by atoms with Gasteiger partial charge in [-0.3, -0.25) is 14.4 Å². The Bertz CT molecular complexity index is 1400. The highest BCUT2D eigenvalue weighted by Crippen LogP contribution is 2.25. The van der Waals surface area contributed by atoms with Crippen LogP contribution in [0.5, 0.6) is 0 Å². The topological polar surface area (TPSA) is 139 Å². The van der Waals surface area contributed by atoms with Gasteiger partial charge >= 0.3 is 0 Å². The number of aromatic nitrogens is 1. The summed E-state index contributed by atoms with van der Waals surface area (Å²) in [6, 6.07) is 5.55. The second-order valence-corrected chi connectivity index (χ2v) is 12.5. The lowest BCUT2D eigenvalue weighted by molar-refractivity contribution is -0.129. The summed E-state index contributed by atoms with van der Waals surface area (Å²) in [7, 11) is -3.88. The van der Waals surface area contributed by atoms with E-state index >= 15 is 0 Å². The number of aryl methyl sites for hydroxylation is 1. The Kier molecular flexibility index (Phi) is 8.10. The highest BCUT2D eigenvalue weighted by atomic mass is 32.2. The minimum Gasteiger partial charge on any atom is -0.451 e. The van der Waals surface area contributed by atoms with Gasteiger partial charge in [0.15, 0.2) is 11.5 Å². The fourth-order valence-electron chi connectivity index (χ4n) is 4.39. The SMILES string of the molecule is Cc1c(C(=O)N[C@@H](CC(C)C)C(=O)N[C@H]2CCCN(S(=O)(=O)c3nccs3)CC2=O)oc2ccccc12. The molecule has 2 aromatic heterocycles. The van der Waals surface area contributed by atoms with E-state index in [1.165, 1.54) is 6.20 Å². The van der Waals surface area contributed by atoms with Gasteiger partial charge in [0, 0.05) is 29.1 Å². The van der Waals surface area contributed by atoms with Crippen LogP contribution in [0.25, 0.3) is 11.0 Å². The van der Waals surface area contributed by atoms with Crippen LogP contribution in [0.2, 0.25) is 0 Å². The third kappa shape index (κ3) is 5.91. The third-order valence-electron chi connectivity index (χ3n) is 6.29. The zero-order valence-corrected chi connectivity index (χ0v) is 22.5. The number of rotatable bonds is 8. The molecule has 0 unspecified atom stereocenters. The summed E-state index contributed by atoms with van der Waals surface area (Å²) < 4.78 is 32.4. The summed E-state index contributed by atoms with van der Waals surface area (Å²) in [6.45, 7) is 5.44. The van der Waals surface area contributed by atoms with Gasteiger partial charge in [0.05, 0.1) is 12.6 Å². The molecule has 0 aliphatic carbocycles. The zero-order chi connectivity index (χ0) is 26.7. The average Bonchev–Trinajstić information content (AvgIpc) is 3.47. The summed E-state index contributed by atoms with van der Waals surface area (Å²) in [5, 5.41) is 7.90. The van der Waals surface area contributed by atoms with Crippen LogP contribution >= 0.6 is 11.3 Å². The van der Waals surface area contributed by atoms with Gasteiger partial charge in [0.25, 0.3) is 15.9 Å². The van der Waals surface area contributed by atoms with Crippen molar-refractivity contribution in [3.8, 4) is 0 Å². The Morgan fingerprint density at radius 1 is 1.27 bits per heavy atom. The fourth-order valence-corrected chi connectivity index (χ4v) is 6.80. The monoisotopic (exact) mass is 546 g/mol. The highest BCUT2D eigenvalue weighted by molar-refractivity contribution is 7.91. The summed E-state index contributed by atoms with van der Waals surface area (Å²) in [6.07, 6.45) is 2.43. The largest absolute Gasteiger partial charge is 0.451 e. The van der Waals surface area contributed by atoms with Gasteiger partial charge in [-0.1, -0.05) is 32.0 Å². The third-order valence-corrected chi connectivity index (χ3v) is 9.31. The smallest absolute Gasteiger partial charge is 0.287 e. The molecule has 1 saturated heterocycles. The number of sulfonamides is 1. The van der Waals surface area contributed by atoms with Gasteiger partial charge in [0.1, 0.15) is 11.6 Å². The number of carbonyl (C=O) groups is 3. The number of ketones is 1. The molecule has 37 heavy (non-hydrogen) atoms. The molecule has 198 valence electrons. The van der Waals surface area contributed by atoms with E-state index in [0.717, 1.165) is 21.0 Å². The van der Waals surface area contributed by atoms with Crippen LogP contribution in [0, 0.1) is 12.8 Å². The first kappa shape index (κ1) is 27.0. The lowest BCUT2D eigenvalue weighted by atomic mass is 10.0. The molecule has 0 bridgehead atoms. The van der Waals surface area contributed by atoms with E-state index in [1.54, 1.807) is 18.4 Å². The second-order valence-electron chi connectivity index (χ2n) is 9.51. The number of nitrogens with one attached hydrogen (secondary N) is 2. The normalized spacial score (nSPS) is 18.1. The predicted octanol–water partition coefficient (Wildman–Crippen LogP) is 2.88. The summed E-state index contributed by atoms with van der Waals surface area (Å²) in [4.78, 5) is 43.2. The Morgan fingerprint density at radius 2 is 2.03 bits per heavy atom. The van der Waals surface area contributed by atoms with Gasteiger partial charge in [0.2, 0.25) is 10.2 Å². The van der Waals surface area contributed by atoms with Crippen molar-refractivity contribution in [2.24, 2.45) is 5.92 Å². The number of para-hydroxylation sites is 1. The van der Waals surface area contributed by atoms with E-state index in [0.29, 0.717) is 30.4 Å². The molecule has 3 heterocycles. The number of thiazole rings is 1. The number of hydrogen-bond donors (Lipinski definition) is 2. The molecule has 2 N–H and O–H groups in total. The number of fused-ring (bicyclic) bond motifs is 1. The molecule has 1 aromatic carbocycles. The van der Waals surface area contributed by atoms with Gasteiger partial charge < -0.3 is 15.1 Å². The molecule has 4 rings (SSSR count). The molecule has 10 nitrogen and oxygen atoms in total. The first-order valence-corrected chi connectivity index (χ1v) is 14.4. The van der Waals surface area contributed by atoms with Gasteiger partial charge in [-0.25, -0.2) is 13.4 Å². The number of hydrogen-bond acceptors (Lipinski definition) is 8. The van der Waals surface area contributed by atoms with Crippen LogP contribution in [0.1, 0.15) is 49.2 Å². The molecule has 0 radical (unpaired) electrons. The number of furan rings is 1. The van der Waals surface area contributed by atoms with Crippen LogP contribution in [0.4, 0.5) is 0 Å². The van der Waals surface area contributed by atoms with Crippen molar-refractivity contribution < 1.29 is 27.2 Å². The Hall–Kier alpha value is -3.09. The molecule has 1 aliphatic rings. The number of amides is 2. The maximum Gasteiger partial charge on any atom is 0.287 e. The maximum atomic E-state index is 13.2. The van der Waals surface area contributed by atoms with Crippen molar-refractivity contribution >= 4 is 49.9 Å². The van der Waals surface area contributed by atoms with Crippen molar-refractivity contribution in [2.75, 3.05) is 13.1 Å².